The van der Waals surface area contributed by atoms with Gasteiger partial charge < -0.3 is 19.1 Å². The second kappa shape index (κ2) is 9.45. The lowest BCUT2D eigenvalue weighted by atomic mass is 9.94. The molecule has 2 saturated heterocycles. The van der Waals surface area contributed by atoms with E-state index >= 15 is 0 Å². The van der Waals surface area contributed by atoms with E-state index in [0.717, 1.165) is 50.0 Å². The molecule has 3 aliphatic heterocycles. The van der Waals surface area contributed by atoms with Crippen molar-refractivity contribution in [1.82, 2.24) is 19.4 Å². The third-order valence-electron chi connectivity index (χ3n) is 7.15. The van der Waals surface area contributed by atoms with Gasteiger partial charge >= 0.3 is 0 Å². The minimum absolute atomic E-state index is 0.0263. The van der Waals surface area contributed by atoms with Gasteiger partial charge in [-0.1, -0.05) is 43.2 Å². The third-order valence-corrected chi connectivity index (χ3v) is 7.15. The van der Waals surface area contributed by atoms with E-state index < -0.39 is 0 Å². The van der Waals surface area contributed by atoms with E-state index in [1.54, 1.807) is 6.33 Å². The molecule has 7 heteroatoms. The van der Waals surface area contributed by atoms with Crippen LogP contribution in [0.5, 0.6) is 0 Å². The van der Waals surface area contributed by atoms with Crippen LogP contribution in [0.1, 0.15) is 66.4 Å². The zero-order valence-corrected chi connectivity index (χ0v) is 18.6. The van der Waals surface area contributed by atoms with Gasteiger partial charge in [0.15, 0.2) is 5.69 Å². The number of rotatable bonds is 3. The van der Waals surface area contributed by atoms with Crippen molar-refractivity contribution in [2.75, 3.05) is 26.2 Å². The van der Waals surface area contributed by atoms with Crippen molar-refractivity contribution in [1.29, 1.82) is 0 Å². The number of hydrogen-bond donors (Lipinski definition) is 0. The van der Waals surface area contributed by atoms with E-state index in [1.807, 2.05) is 27.7 Å². The van der Waals surface area contributed by atoms with Crippen molar-refractivity contribution in [2.45, 2.75) is 57.8 Å². The normalized spacial score (nSPS) is 22.3. The molecular formula is C25H32N4O3. The molecule has 2 amide bonds. The molecule has 0 bridgehead atoms. The fourth-order valence-electron chi connectivity index (χ4n) is 5.20. The SMILES string of the molecule is O=C(c1ncn2c1CO[C@@H](c1ccccc1)C2)N1CCC(C(=O)N2CCCCCC2)CC1. The van der Waals surface area contributed by atoms with E-state index in [1.165, 1.54) is 12.8 Å². The molecule has 0 N–H and O–H groups in total. The first-order chi connectivity index (χ1) is 15.7. The second-order valence-corrected chi connectivity index (χ2v) is 9.21. The number of carbonyl (C=O) groups excluding carboxylic acids is 2. The van der Waals surface area contributed by atoms with Crippen LogP contribution >= 0.6 is 0 Å². The van der Waals surface area contributed by atoms with Crippen LogP contribution in [0.3, 0.4) is 0 Å². The Morgan fingerprint density at radius 2 is 1.62 bits per heavy atom. The van der Waals surface area contributed by atoms with Gasteiger partial charge in [-0.2, -0.15) is 0 Å². The first-order valence-corrected chi connectivity index (χ1v) is 12.0. The highest BCUT2D eigenvalue weighted by atomic mass is 16.5. The number of benzene rings is 1. The predicted molar refractivity (Wildman–Crippen MR) is 120 cm³/mol. The maximum atomic E-state index is 13.2. The summed E-state index contributed by atoms with van der Waals surface area (Å²) in [5, 5.41) is 0. The lowest BCUT2D eigenvalue weighted by molar-refractivity contribution is -0.136. The fraction of sp³-hybridized carbons (Fsp3) is 0.560. The number of likely N-dealkylation sites (tertiary alicyclic amines) is 2. The fourth-order valence-corrected chi connectivity index (χ4v) is 5.20. The summed E-state index contributed by atoms with van der Waals surface area (Å²) in [5.74, 6) is 0.294. The first kappa shape index (κ1) is 21.2. The number of ether oxygens (including phenoxy) is 1. The molecule has 5 rings (SSSR count). The van der Waals surface area contributed by atoms with E-state index in [-0.39, 0.29) is 17.9 Å². The zero-order valence-electron chi connectivity index (χ0n) is 18.6. The van der Waals surface area contributed by atoms with Crippen LogP contribution in [0.25, 0.3) is 0 Å². The molecule has 0 aliphatic carbocycles. The van der Waals surface area contributed by atoms with Gasteiger partial charge in [-0.15, -0.1) is 0 Å². The number of imidazole rings is 1. The van der Waals surface area contributed by atoms with E-state index in [0.29, 0.717) is 37.8 Å². The smallest absolute Gasteiger partial charge is 0.274 e. The van der Waals surface area contributed by atoms with Gasteiger partial charge in [0.2, 0.25) is 5.91 Å². The molecule has 1 atom stereocenters. The highest BCUT2D eigenvalue weighted by Gasteiger charge is 2.33. The molecule has 7 nitrogen and oxygen atoms in total. The van der Waals surface area contributed by atoms with Gasteiger partial charge in [0.05, 0.1) is 25.2 Å². The van der Waals surface area contributed by atoms with Gasteiger partial charge in [-0.25, -0.2) is 4.98 Å². The quantitative estimate of drug-likeness (QED) is 0.740. The number of nitrogens with zero attached hydrogens (tertiary/aromatic N) is 4. The van der Waals surface area contributed by atoms with Gasteiger partial charge in [-0.3, -0.25) is 9.59 Å². The Labute approximate surface area is 189 Å². The molecule has 0 radical (unpaired) electrons. The molecule has 170 valence electrons. The zero-order chi connectivity index (χ0) is 21.9. The van der Waals surface area contributed by atoms with E-state index in [9.17, 15) is 9.59 Å². The van der Waals surface area contributed by atoms with Crippen LogP contribution in [-0.2, 0) is 22.7 Å². The molecule has 0 unspecified atom stereocenters. The number of piperidine rings is 1. The molecule has 1 aromatic heterocycles. The van der Waals surface area contributed by atoms with Gasteiger partial charge in [0.1, 0.15) is 6.10 Å². The largest absolute Gasteiger partial charge is 0.365 e. The Bertz CT molecular complexity index is 941. The molecule has 0 saturated carbocycles. The van der Waals surface area contributed by atoms with Crippen LogP contribution in [0.4, 0.5) is 0 Å². The summed E-state index contributed by atoms with van der Waals surface area (Å²) in [7, 11) is 0. The summed E-state index contributed by atoms with van der Waals surface area (Å²) >= 11 is 0. The molecule has 2 aromatic rings. The third kappa shape index (κ3) is 4.31. The summed E-state index contributed by atoms with van der Waals surface area (Å²) in [5.41, 5.74) is 2.48. The summed E-state index contributed by atoms with van der Waals surface area (Å²) in [6.45, 7) is 4.05. The minimum atomic E-state index is -0.0406. The Hall–Kier alpha value is -2.67. The summed E-state index contributed by atoms with van der Waals surface area (Å²) in [4.78, 5) is 34.5. The average Bonchev–Trinajstić information content (AvgIpc) is 3.08. The van der Waals surface area contributed by atoms with Crippen molar-refractivity contribution in [2.24, 2.45) is 5.92 Å². The molecule has 4 heterocycles. The van der Waals surface area contributed by atoms with Crippen LogP contribution < -0.4 is 0 Å². The second-order valence-electron chi connectivity index (χ2n) is 9.21. The Kier molecular flexibility index (Phi) is 6.26. The predicted octanol–water partition coefficient (Wildman–Crippen LogP) is 3.41. The average molecular weight is 437 g/mol. The standard InChI is InChI=1S/C25H32N4O3/c30-24(27-12-6-1-2-7-13-27)20-10-14-28(15-11-20)25(31)23-21-17-32-22(16-29(21)18-26-23)19-8-4-3-5-9-19/h3-5,8-9,18,20,22H,1-2,6-7,10-17H2/t22-/m1/s1. The Morgan fingerprint density at radius 1 is 0.906 bits per heavy atom. The van der Waals surface area contributed by atoms with E-state index in [2.05, 4.69) is 22.0 Å². The molecule has 2 fully saturated rings. The monoisotopic (exact) mass is 436 g/mol. The van der Waals surface area contributed by atoms with Crippen LogP contribution in [-0.4, -0.2) is 57.3 Å². The van der Waals surface area contributed by atoms with Crippen molar-refractivity contribution in [3.8, 4) is 0 Å². The maximum Gasteiger partial charge on any atom is 0.274 e. The molecule has 0 spiro atoms. The van der Waals surface area contributed by atoms with Crippen molar-refractivity contribution in [3.05, 3.63) is 53.6 Å². The molecular weight excluding hydrogens is 404 g/mol. The number of aromatic nitrogens is 2. The van der Waals surface area contributed by atoms with Gasteiger partial charge in [0, 0.05) is 32.1 Å². The Morgan fingerprint density at radius 3 is 2.34 bits per heavy atom. The van der Waals surface area contributed by atoms with Crippen LogP contribution in [0.15, 0.2) is 36.7 Å². The molecule has 32 heavy (non-hydrogen) atoms. The molecule has 1 aromatic carbocycles. The Balaban J connectivity index is 1.19. The number of carbonyl (C=O) groups is 2. The summed E-state index contributed by atoms with van der Waals surface area (Å²) in [6, 6.07) is 10.2. The van der Waals surface area contributed by atoms with Crippen molar-refractivity contribution < 1.29 is 14.3 Å². The lowest BCUT2D eigenvalue weighted by Gasteiger charge is -2.34. The maximum absolute atomic E-state index is 13.2. The number of hydrogen-bond acceptors (Lipinski definition) is 4. The van der Waals surface area contributed by atoms with E-state index in [4.69, 9.17) is 4.74 Å². The van der Waals surface area contributed by atoms with Crippen molar-refractivity contribution >= 4 is 11.8 Å². The van der Waals surface area contributed by atoms with Crippen LogP contribution in [0.2, 0.25) is 0 Å². The van der Waals surface area contributed by atoms with Gasteiger partial charge in [0.25, 0.3) is 5.91 Å². The van der Waals surface area contributed by atoms with Crippen molar-refractivity contribution in [3.63, 3.8) is 0 Å². The summed E-state index contributed by atoms with van der Waals surface area (Å²) in [6.07, 6.45) is 7.89. The lowest BCUT2D eigenvalue weighted by Crippen LogP contribution is -2.45. The first-order valence-electron chi connectivity index (χ1n) is 12.0. The van der Waals surface area contributed by atoms with Crippen LogP contribution in [0, 0.1) is 5.92 Å². The number of fused-ring (bicyclic) bond motifs is 1. The summed E-state index contributed by atoms with van der Waals surface area (Å²) < 4.78 is 8.12. The molecule has 3 aliphatic rings. The minimum Gasteiger partial charge on any atom is -0.365 e. The topological polar surface area (TPSA) is 67.7 Å². The van der Waals surface area contributed by atoms with Gasteiger partial charge in [-0.05, 0) is 31.2 Å². The highest BCUT2D eigenvalue weighted by Crippen LogP contribution is 2.29. The number of amides is 2. The highest BCUT2D eigenvalue weighted by molar-refractivity contribution is 5.93.